The quantitative estimate of drug-likeness (QED) is 0.0199. The molecule has 146 heavy (non-hydrogen) atoms. The van der Waals surface area contributed by atoms with E-state index in [-0.39, 0.29) is 90.7 Å². The summed E-state index contributed by atoms with van der Waals surface area (Å²) in [4.78, 5) is 143. The van der Waals surface area contributed by atoms with Crippen molar-refractivity contribution in [1.29, 1.82) is 0 Å². The minimum atomic E-state index is -2.01. The Morgan fingerprint density at radius 1 is 0.281 bits per heavy atom. The van der Waals surface area contributed by atoms with Gasteiger partial charge in [-0.15, -0.1) is 5.06 Å². The van der Waals surface area contributed by atoms with Crippen LogP contribution in [0.4, 0.5) is 0 Å². The Kier molecular flexibility index (Phi) is 53.7. The highest BCUT2D eigenvalue weighted by Gasteiger charge is 2.55. The number of rotatable bonds is 62. The fourth-order valence-corrected chi connectivity index (χ4v) is 16.4. The summed E-state index contributed by atoms with van der Waals surface area (Å²) < 4.78 is 78.1. The number of carbonyl (C=O) groups is 10. The average Bonchev–Trinajstić information content (AvgIpc) is 0.791. The van der Waals surface area contributed by atoms with E-state index in [0.717, 1.165) is 14.7 Å². The minimum Gasteiger partial charge on any atom is -0.394 e. The fraction of sp³-hybridized carbons (Fsp3) is 0.882. The van der Waals surface area contributed by atoms with Gasteiger partial charge in [0.15, 0.2) is 44.0 Å². The van der Waals surface area contributed by atoms with Crippen molar-refractivity contribution in [2.45, 2.75) is 298 Å². The number of imide groups is 1. The summed E-state index contributed by atoms with van der Waals surface area (Å²) in [7, 11) is 0. The van der Waals surface area contributed by atoms with Crippen LogP contribution >= 0.6 is 0 Å². The molecule has 61 nitrogen and oxygen atoms in total. The standard InChI is InChI=1S/C85H146N10O51/c96-34-41-58(112)65(119)71(125)79(138-41)133-24-19-93(20-25-134-80-72(126)66(120)59(113)42(35-97)139-80)55(109)32-92(33-56(110)94(21-26-135-81-73(127)67(121)60(114)43(36-98)140-81)22-27-136-82-74(128)68(122)61(115)44(37-99)141-82)31-52(106)89-17-9-3-8-16-88-51(105)30-91(29-50(104)87-15-7-2-5-11-57(111)146-95-53(107)12-13-54(95)108)28-49(103)86-14-6-1-4-10-48(102)90-18-23-132-84-77(131)78(145-85-76(130)70(124)63(117)46(39-101)143-85)64(118)47(144-84)40-137-83-75(129)69(123)62(116)45(38-100)142-83/h41-47,58-85,96-101,112-131H,1-40H2,(H,86,103)(H,87,104)(H,88,105)(H,89,106)(H,90,102)/t41-,42-,43-,44-,45-,46-,47-,58-,59-,60-,61-,62-,63-,64-,65+,66+,67+,68+,69+,70+,71+,72+,73+,74+,75+,76+,77+,78+,79+,80+,81+,82+,83+,84+,85-/m1/s1. The second kappa shape index (κ2) is 63.0. The largest absolute Gasteiger partial charge is 0.394 e. The molecular formula is C85H146N10O51. The Bertz CT molecular complexity index is 3720. The molecule has 8 saturated heterocycles. The maximum Gasteiger partial charge on any atom is 0.333 e. The fourth-order valence-electron chi connectivity index (χ4n) is 16.4. The van der Waals surface area contributed by atoms with Crippen LogP contribution in [0.1, 0.15) is 83.5 Å². The second-order valence-electron chi connectivity index (χ2n) is 36.0. The molecule has 0 radical (unpaired) electrons. The third-order valence-electron chi connectivity index (χ3n) is 25.1. The molecule has 842 valence electrons. The van der Waals surface area contributed by atoms with E-state index in [9.17, 15) is 181 Å². The van der Waals surface area contributed by atoms with Crippen molar-refractivity contribution in [1.82, 2.24) is 51.2 Å². The van der Waals surface area contributed by atoms with Crippen molar-refractivity contribution in [3.63, 3.8) is 0 Å². The number of aliphatic hydroxyl groups excluding tert-OH is 26. The summed E-state index contributed by atoms with van der Waals surface area (Å²) in [5.41, 5.74) is 0. The van der Waals surface area contributed by atoms with E-state index in [1.165, 1.54) is 4.90 Å². The molecule has 35 atom stereocenters. The lowest BCUT2D eigenvalue weighted by Crippen LogP contribution is -2.65. The molecule has 31 N–H and O–H groups in total. The Balaban J connectivity index is 0.864. The molecule has 8 heterocycles. The van der Waals surface area contributed by atoms with E-state index in [2.05, 4.69) is 26.6 Å². The smallest absolute Gasteiger partial charge is 0.333 e. The summed E-state index contributed by atoms with van der Waals surface area (Å²) in [6.45, 7) is -14.6. The van der Waals surface area contributed by atoms with Crippen molar-refractivity contribution in [3.8, 4) is 0 Å². The van der Waals surface area contributed by atoms with Crippen molar-refractivity contribution in [2.75, 3.05) is 177 Å². The van der Waals surface area contributed by atoms with Crippen LogP contribution in [0, 0.1) is 0 Å². The SMILES string of the molecule is O=C(CCCCCNC(=O)CN(CC(=O)NCCCCCNC(=O)CN(CC(=O)N(CCO[C@H]1O[C@H](CO)[C@@H](O)[C@H](O)[C@@H]1O)CCO[C@H]1O[C@H](CO)[C@@H](O)[C@H](O)[C@@H]1O)CC(=O)N(CCO[C@H]1O[C@H](CO)[C@@H](O)[C@H](O)[C@@H]1O)CCO[C@H]1O[C@H](CO)[C@@H](O)[C@H](O)[C@@H]1O)CC(=O)NCCCCCC(=O)ON1C(=O)CCC1=O)NCCO[C@H]1O[C@H](CO[C@H]2O[C@H](CO)[C@@H](O)[C@H](O)[C@@H]2O)[C@@H](O)[C@H](O[C@H]2O[C@H](CO)[C@@H](O)[C@H](O)[C@@H]2O)[C@@H]1O. The number of nitrogens with zero attached hydrogens (tertiary/aromatic N) is 5. The number of carbonyl (C=O) groups excluding carboxylic acids is 10. The van der Waals surface area contributed by atoms with E-state index in [1.54, 1.807) is 0 Å². The van der Waals surface area contributed by atoms with Gasteiger partial charge in [-0.3, -0.25) is 53.0 Å². The Hall–Kier alpha value is -6.78. The number of hydroxylamine groups is 2. The average molecular weight is 2120 g/mol. The Labute approximate surface area is 835 Å². The van der Waals surface area contributed by atoms with Gasteiger partial charge in [0.1, 0.15) is 171 Å². The normalized spacial score (nSPS) is 34.4. The lowest BCUT2D eigenvalue weighted by molar-refractivity contribution is -0.366. The highest BCUT2D eigenvalue weighted by atomic mass is 16.8. The van der Waals surface area contributed by atoms with Crippen LogP contribution < -0.4 is 26.6 Å². The zero-order valence-corrected chi connectivity index (χ0v) is 80.1. The van der Waals surface area contributed by atoms with Crippen molar-refractivity contribution in [2.24, 2.45) is 0 Å². The first-order valence-electron chi connectivity index (χ1n) is 48.2. The molecule has 0 aromatic heterocycles. The Morgan fingerprint density at radius 3 is 0.877 bits per heavy atom. The molecule has 8 aliphatic rings. The molecule has 0 aromatic carbocycles. The van der Waals surface area contributed by atoms with Gasteiger partial charge in [-0.05, 0) is 44.9 Å². The number of ether oxygens (including phenoxy) is 14. The van der Waals surface area contributed by atoms with E-state index in [0.29, 0.717) is 37.2 Å². The van der Waals surface area contributed by atoms with Crippen LogP contribution in [0.3, 0.4) is 0 Å². The molecular weight excluding hydrogens is 1980 g/mol. The lowest BCUT2D eigenvalue weighted by Gasteiger charge is -2.46. The third kappa shape index (κ3) is 37.0. The zero-order chi connectivity index (χ0) is 107. The summed E-state index contributed by atoms with van der Waals surface area (Å²) in [5.74, 6) is -7.15. The number of hydrogen-bond donors (Lipinski definition) is 31. The summed E-state index contributed by atoms with van der Waals surface area (Å²) in [6, 6.07) is 0. The van der Waals surface area contributed by atoms with Gasteiger partial charge < -0.3 is 240 Å². The molecule has 0 spiro atoms. The van der Waals surface area contributed by atoms with Crippen LogP contribution in [0.5, 0.6) is 0 Å². The van der Waals surface area contributed by atoms with Gasteiger partial charge in [-0.25, -0.2) is 4.79 Å². The maximum atomic E-state index is 14.8. The molecule has 8 aliphatic heterocycles. The molecule has 61 heteroatoms. The highest BCUT2D eigenvalue weighted by Crippen LogP contribution is 2.34. The van der Waals surface area contributed by atoms with Gasteiger partial charge in [-0.1, -0.05) is 12.8 Å². The van der Waals surface area contributed by atoms with E-state index < -0.39 is 412 Å². The zero-order valence-electron chi connectivity index (χ0n) is 80.1. The Morgan fingerprint density at radius 2 is 0.548 bits per heavy atom. The second-order valence-corrected chi connectivity index (χ2v) is 36.0. The van der Waals surface area contributed by atoms with Crippen LogP contribution in [0.25, 0.3) is 0 Å². The highest BCUT2D eigenvalue weighted by molar-refractivity contribution is 6.01. The molecule has 9 amide bonds. The maximum absolute atomic E-state index is 14.8. The molecule has 0 unspecified atom stereocenters. The summed E-state index contributed by atoms with van der Waals surface area (Å²) in [5, 5.41) is 285. The van der Waals surface area contributed by atoms with Crippen LogP contribution in [-0.2, 0) is 119 Å². The molecule has 8 rings (SSSR count). The van der Waals surface area contributed by atoms with E-state index in [4.69, 9.17) is 71.2 Å². The van der Waals surface area contributed by atoms with Crippen molar-refractivity contribution < 1.29 is 252 Å². The van der Waals surface area contributed by atoms with E-state index >= 15 is 0 Å². The van der Waals surface area contributed by atoms with Gasteiger partial charge in [0.2, 0.25) is 41.4 Å². The molecule has 8 fully saturated rings. The molecule has 0 aromatic rings. The first kappa shape index (κ1) is 124. The monoisotopic (exact) mass is 2120 g/mol. The lowest BCUT2D eigenvalue weighted by atomic mass is 9.96. The predicted molar refractivity (Wildman–Crippen MR) is 473 cm³/mol. The van der Waals surface area contributed by atoms with Gasteiger partial charge in [0.25, 0.3) is 11.8 Å². The molecule has 0 aliphatic carbocycles. The first-order chi connectivity index (χ1) is 69.6. The number of aliphatic hydroxyl groups is 26. The summed E-state index contributed by atoms with van der Waals surface area (Å²) >= 11 is 0. The topological polar surface area (TPSA) is 911 Å². The molecule has 0 bridgehead atoms. The number of amides is 9. The number of hydrogen-bond acceptors (Lipinski definition) is 53. The van der Waals surface area contributed by atoms with Crippen molar-refractivity contribution >= 4 is 59.1 Å². The summed E-state index contributed by atoms with van der Waals surface area (Å²) in [6.07, 6.45) is -59.6. The van der Waals surface area contributed by atoms with Crippen LogP contribution in [-0.4, -0.2) is 609 Å². The van der Waals surface area contributed by atoms with Crippen LogP contribution in [0.2, 0.25) is 0 Å². The first-order valence-corrected chi connectivity index (χ1v) is 48.2. The number of nitrogens with one attached hydrogen (secondary N) is 5. The minimum absolute atomic E-state index is 0.00932. The van der Waals surface area contributed by atoms with E-state index in [1.807, 2.05) is 0 Å². The number of unbranched alkanes of at least 4 members (excludes halogenated alkanes) is 6. The van der Waals surface area contributed by atoms with Crippen molar-refractivity contribution in [3.05, 3.63) is 0 Å². The third-order valence-corrected chi connectivity index (χ3v) is 25.1. The van der Waals surface area contributed by atoms with Crippen LogP contribution in [0.15, 0.2) is 0 Å². The van der Waals surface area contributed by atoms with Gasteiger partial charge in [0, 0.05) is 84.6 Å². The van der Waals surface area contributed by atoms with Gasteiger partial charge in [0.05, 0.1) is 119 Å². The molecule has 0 saturated carbocycles. The van der Waals surface area contributed by atoms with Gasteiger partial charge >= 0.3 is 5.97 Å². The predicted octanol–water partition coefficient (Wildman–Crippen LogP) is -20.5. The van der Waals surface area contributed by atoms with Gasteiger partial charge in [-0.2, -0.15) is 0 Å².